The highest BCUT2D eigenvalue weighted by Crippen LogP contribution is 2.15. The summed E-state index contributed by atoms with van der Waals surface area (Å²) in [7, 11) is 0. The van der Waals surface area contributed by atoms with Crippen LogP contribution in [-0.2, 0) is 82.6 Å². The van der Waals surface area contributed by atoms with Gasteiger partial charge in [0.05, 0.1) is 197 Å². The van der Waals surface area contributed by atoms with E-state index in [-0.39, 0.29) is 64.4 Å². The van der Waals surface area contributed by atoms with Crippen molar-refractivity contribution in [2.75, 3.05) is 210 Å². The minimum absolute atomic E-state index is 0.0157. The number of carbonyl (C=O) groups is 4. The number of aliphatic hydroxyl groups excluding tert-OH is 11. The summed E-state index contributed by atoms with van der Waals surface area (Å²) >= 11 is 0. The first-order chi connectivity index (χ1) is 46.8. The average molecular weight is 1410 g/mol. The zero-order valence-corrected chi connectivity index (χ0v) is 56.9. The molecular weight excluding hydrogens is 1290 g/mol. The Morgan fingerprint density at radius 2 is 0.825 bits per heavy atom. The summed E-state index contributed by atoms with van der Waals surface area (Å²) in [5, 5.41) is 119. The molecule has 1 aromatic rings. The third-order valence-electron chi connectivity index (χ3n) is 14.5. The van der Waals surface area contributed by atoms with E-state index >= 15 is 0 Å². The van der Waals surface area contributed by atoms with Crippen LogP contribution in [0.25, 0.3) is 0 Å². The lowest BCUT2D eigenvalue weighted by atomic mass is 10.0. The summed E-state index contributed by atoms with van der Waals surface area (Å²) in [4.78, 5) is 53.3. The van der Waals surface area contributed by atoms with Gasteiger partial charge in [-0.3, -0.25) is 24.1 Å². The summed E-state index contributed by atoms with van der Waals surface area (Å²) < 4.78 is 66.1. The van der Waals surface area contributed by atoms with Crippen LogP contribution in [-0.4, -0.2) is 356 Å². The van der Waals surface area contributed by atoms with Gasteiger partial charge in [-0.25, -0.2) is 0 Å². The van der Waals surface area contributed by atoms with E-state index in [4.69, 9.17) is 78.5 Å². The molecule has 11 atom stereocenters. The Kier molecular flexibility index (Phi) is 57.1. The van der Waals surface area contributed by atoms with E-state index in [9.17, 15) is 65.1 Å². The molecule has 0 spiro atoms. The first kappa shape index (κ1) is 91.1. The molecule has 34 heteroatoms. The van der Waals surface area contributed by atoms with Crippen LogP contribution in [0.15, 0.2) is 24.3 Å². The Morgan fingerprint density at radius 3 is 1.20 bits per heavy atom. The second-order valence-corrected chi connectivity index (χ2v) is 22.8. The summed E-state index contributed by atoms with van der Waals surface area (Å²) in [6.07, 6.45) is -11.1. The van der Waals surface area contributed by atoms with Gasteiger partial charge in [-0.15, -0.1) is 0 Å². The van der Waals surface area contributed by atoms with Crippen molar-refractivity contribution < 1.29 is 132 Å². The first-order valence-corrected chi connectivity index (χ1v) is 33.5. The van der Waals surface area contributed by atoms with Crippen molar-refractivity contribution >= 4 is 29.3 Å². The van der Waals surface area contributed by atoms with Crippen molar-refractivity contribution in [3.8, 4) is 0 Å². The number of rotatable bonds is 68. The van der Waals surface area contributed by atoms with Crippen LogP contribution in [0.2, 0.25) is 0 Å². The number of nitrogens with one attached hydrogen (secondary N) is 4. The number of hydrogen-bond donors (Lipinski definition) is 17. The summed E-state index contributed by atoms with van der Waals surface area (Å²) in [6.45, 7) is 9.92. The molecule has 0 bridgehead atoms. The number of hydrogen-bond acceptors (Lipinski definition) is 30. The molecular formula is C63H119N7O27. The minimum atomic E-state index is -1.89. The third kappa shape index (κ3) is 47.0. The van der Waals surface area contributed by atoms with Gasteiger partial charge >= 0.3 is 0 Å². The molecule has 1 aromatic carbocycles. The summed E-state index contributed by atoms with van der Waals surface area (Å²) in [5.41, 5.74) is 13.1. The zero-order chi connectivity index (χ0) is 71.7. The van der Waals surface area contributed by atoms with Crippen LogP contribution in [0.3, 0.4) is 0 Å². The maximum absolute atomic E-state index is 13.4. The highest BCUT2D eigenvalue weighted by Gasteiger charge is 2.35. The Balaban J connectivity index is 1.94. The normalized spacial score (nSPS) is 15.3. The van der Waals surface area contributed by atoms with E-state index < -0.39 is 111 Å². The molecule has 568 valence electrons. The molecule has 0 aliphatic heterocycles. The van der Waals surface area contributed by atoms with Crippen molar-refractivity contribution in [3.63, 3.8) is 0 Å². The Morgan fingerprint density at radius 1 is 0.454 bits per heavy atom. The Labute approximate surface area is 570 Å². The highest BCUT2D eigenvalue weighted by atomic mass is 16.6. The van der Waals surface area contributed by atoms with Crippen LogP contribution >= 0.6 is 0 Å². The number of anilines is 1. The van der Waals surface area contributed by atoms with Crippen LogP contribution < -0.4 is 32.7 Å². The molecule has 19 N–H and O–H groups in total. The van der Waals surface area contributed by atoms with Gasteiger partial charge in [0, 0.05) is 38.3 Å². The van der Waals surface area contributed by atoms with Crippen molar-refractivity contribution in [2.24, 2.45) is 17.4 Å². The topological polar surface area (TPSA) is 505 Å². The van der Waals surface area contributed by atoms with E-state index in [0.29, 0.717) is 188 Å². The molecule has 0 heterocycles. The van der Waals surface area contributed by atoms with Gasteiger partial charge in [0.2, 0.25) is 23.6 Å². The average Bonchev–Trinajstić information content (AvgIpc) is 1.11. The van der Waals surface area contributed by atoms with Gasteiger partial charge in [0.25, 0.3) is 0 Å². The number of benzene rings is 1. The quantitative estimate of drug-likeness (QED) is 0.0270. The predicted molar refractivity (Wildman–Crippen MR) is 351 cm³/mol. The van der Waals surface area contributed by atoms with Crippen molar-refractivity contribution in [1.82, 2.24) is 20.9 Å². The van der Waals surface area contributed by atoms with E-state index in [2.05, 4.69) is 21.3 Å². The maximum Gasteiger partial charge on any atom is 0.246 e. The molecule has 0 aliphatic carbocycles. The van der Waals surface area contributed by atoms with Crippen LogP contribution in [0.5, 0.6) is 0 Å². The number of aliphatic hydroxyl groups is 11. The van der Waals surface area contributed by atoms with Gasteiger partial charge < -0.3 is 146 Å². The standard InChI is InChI=1S/C63H119N7O27/c1-46(2)56(63(85)68-50(8-3-5-14-64)62(84)67-48-11-9-47(43-71)10-12-48)69-61(83)49(65)7-4-6-15-66-55(78)13-17-86-19-21-88-23-25-90-27-29-92-31-33-94-35-37-96-39-40-97-38-36-95-34-32-93-30-28-91-26-24-89-22-20-87-18-16-70(41-51(74)57(79)59(81)53(76)44-72)42-52(75)58(80)60(82)54(77)45-73/h9-12,46,49-54,56-60,71-77,79-82H,3-8,13-45,64-65H2,1-2H3,(H,66,78)(H,67,84)(H,68,85)(H,69,83)/t49-,50-,51-,52-,53+,54+,56-,57+,58+,59+,60+/m0/s1. The molecule has 0 saturated heterocycles. The lowest BCUT2D eigenvalue weighted by Gasteiger charge is -2.33. The van der Waals surface area contributed by atoms with Crippen LogP contribution in [0, 0.1) is 5.92 Å². The van der Waals surface area contributed by atoms with Gasteiger partial charge in [0.1, 0.15) is 48.7 Å². The lowest BCUT2D eigenvalue weighted by molar-refractivity contribution is -0.132. The Bertz CT molecular complexity index is 2030. The number of ether oxygens (including phenoxy) is 12. The second-order valence-electron chi connectivity index (χ2n) is 22.8. The summed E-state index contributed by atoms with van der Waals surface area (Å²) in [5.74, 6) is -1.89. The van der Waals surface area contributed by atoms with Crippen molar-refractivity contribution in [3.05, 3.63) is 29.8 Å². The first-order valence-electron chi connectivity index (χ1n) is 33.5. The van der Waals surface area contributed by atoms with Crippen molar-refractivity contribution in [2.45, 2.75) is 132 Å². The molecule has 1 rings (SSSR count). The molecule has 0 saturated carbocycles. The Hall–Kier alpha value is -3.94. The summed E-state index contributed by atoms with van der Waals surface area (Å²) in [6, 6.07) is 4.01. The van der Waals surface area contributed by atoms with E-state index in [1.165, 1.54) is 4.90 Å². The fraction of sp³-hybridized carbons (Fsp3) is 0.841. The number of unbranched alkanes of at least 4 members (excludes halogenated alkanes) is 2. The van der Waals surface area contributed by atoms with Crippen LogP contribution in [0.1, 0.15) is 64.4 Å². The molecule has 97 heavy (non-hydrogen) atoms. The maximum atomic E-state index is 13.4. The molecule has 0 aromatic heterocycles. The highest BCUT2D eigenvalue weighted by molar-refractivity contribution is 5.98. The number of carbonyl (C=O) groups excluding carboxylic acids is 4. The largest absolute Gasteiger partial charge is 0.394 e. The van der Waals surface area contributed by atoms with E-state index in [1.807, 2.05) is 0 Å². The van der Waals surface area contributed by atoms with E-state index in [1.54, 1.807) is 38.1 Å². The third-order valence-corrected chi connectivity index (χ3v) is 14.5. The van der Waals surface area contributed by atoms with E-state index in [0.717, 1.165) is 0 Å². The second kappa shape index (κ2) is 60.8. The molecule has 34 nitrogen and oxygen atoms in total. The smallest absolute Gasteiger partial charge is 0.246 e. The van der Waals surface area contributed by atoms with Crippen LogP contribution in [0.4, 0.5) is 5.69 Å². The lowest BCUT2D eigenvalue weighted by Crippen LogP contribution is -2.56. The zero-order valence-electron chi connectivity index (χ0n) is 56.9. The predicted octanol–water partition coefficient (Wildman–Crippen LogP) is -5.75. The molecule has 0 unspecified atom stereocenters. The number of amides is 4. The molecule has 4 amide bonds. The SMILES string of the molecule is CC(C)[C@H](NC(=O)[C@@H](N)CCCCNC(=O)CCOCCOCCOCCOCCOCCOCCOCCOCCOCCOCCOCCOCCN(C[C@H](O)[C@@H](O)[C@H](O)[C@H](O)CO)C[C@H](O)[C@@H](O)[C@H](O)[C@H](O)CO)C(=O)N[C@@H](CCCCN)C(=O)Nc1ccc(CO)cc1. The van der Waals surface area contributed by atoms with Crippen molar-refractivity contribution in [1.29, 1.82) is 0 Å². The van der Waals surface area contributed by atoms with Gasteiger partial charge in [-0.2, -0.15) is 0 Å². The molecule has 0 fully saturated rings. The molecule has 0 radical (unpaired) electrons. The monoisotopic (exact) mass is 1410 g/mol. The van der Waals surface area contributed by atoms with Gasteiger partial charge in [-0.05, 0) is 68.7 Å². The minimum Gasteiger partial charge on any atom is -0.394 e. The molecule has 0 aliphatic rings. The van der Waals surface area contributed by atoms with Gasteiger partial charge in [-0.1, -0.05) is 26.0 Å². The number of nitrogens with zero attached hydrogens (tertiary/aromatic N) is 1. The van der Waals surface area contributed by atoms with Gasteiger partial charge in [0.15, 0.2) is 0 Å². The fourth-order valence-electron chi connectivity index (χ4n) is 8.69. The fourth-order valence-corrected chi connectivity index (χ4v) is 8.69. The number of nitrogens with two attached hydrogens (primary N) is 2.